The fourth-order valence-corrected chi connectivity index (χ4v) is 3.71. The Bertz CT molecular complexity index is 1320. The number of hydrogen-bond donors (Lipinski definition) is 1. The van der Waals surface area contributed by atoms with Crippen molar-refractivity contribution >= 4 is 38.0 Å². The molecule has 0 bridgehead atoms. The smallest absolute Gasteiger partial charge is 0.213 e. The molecule has 0 aliphatic rings. The zero-order valence-electron chi connectivity index (χ0n) is 14.1. The molecule has 4 aromatic heterocycles. The lowest BCUT2D eigenvalue weighted by atomic mass is 10.2. The summed E-state index contributed by atoms with van der Waals surface area (Å²) in [5.41, 5.74) is 4.70. The number of imidazole rings is 1. The molecule has 0 amide bonds. The summed E-state index contributed by atoms with van der Waals surface area (Å²) in [4.78, 5) is 13.0. The number of fused-ring (bicyclic) bond motifs is 2. The van der Waals surface area contributed by atoms with Crippen LogP contribution in [-0.4, -0.2) is 29.7 Å². The van der Waals surface area contributed by atoms with Gasteiger partial charge in [-0.25, -0.2) is 15.0 Å². The molecule has 27 heavy (non-hydrogen) atoms. The predicted molar refractivity (Wildman–Crippen MR) is 104 cm³/mol. The number of aromatic amines is 1. The number of halogens is 2. The summed E-state index contributed by atoms with van der Waals surface area (Å²) in [7, 11) is 0. The third-order valence-electron chi connectivity index (χ3n) is 4.37. The maximum absolute atomic E-state index is 13.8. The Morgan fingerprint density at radius 2 is 2.00 bits per heavy atom. The molecule has 0 spiro atoms. The summed E-state index contributed by atoms with van der Waals surface area (Å²) < 4.78 is 16.5. The standard InChI is InChI=1S/C19H12BrFN6/c1-10-2-3-15-19(24-10)27(18(25-15)11-4-5-22-16(21)7-11)13-6-12-9-23-26-17(12)14(20)8-13/h2-9H,1H3,(H,23,26). The Morgan fingerprint density at radius 3 is 2.85 bits per heavy atom. The number of hydrogen-bond acceptors (Lipinski definition) is 4. The van der Waals surface area contributed by atoms with Crippen LogP contribution in [0.4, 0.5) is 4.39 Å². The third kappa shape index (κ3) is 2.60. The highest BCUT2D eigenvalue weighted by Gasteiger charge is 2.18. The van der Waals surface area contributed by atoms with E-state index in [4.69, 9.17) is 4.98 Å². The van der Waals surface area contributed by atoms with Gasteiger partial charge in [-0.1, -0.05) is 0 Å². The Kier molecular flexibility index (Phi) is 3.54. The number of aromatic nitrogens is 6. The molecule has 132 valence electrons. The van der Waals surface area contributed by atoms with E-state index in [9.17, 15) is 4.39 Å². The minimum absolute atomic E-state index is 0.554. The molecule has 6 nitrogen and oxygen atoms in total. The van der Waals surface area contributed by atoms with Gasteiger partial charge >= 0.3 is 0 Å². The molecule has 0 unspecified atom stereocenters. The summed E-state index contributed by atoms with van der Waals surface area (Å²) in [5, 5.41) is 8.01. The van der Waals surface area contributed by atoms with Crippen molar-refractivity contribution < 1.29 is 4.39 Å². The summed E-state index contributed by atoms with van der Waals surface area (Å²) in [5.74, 6) is 0.0425. The number of nitrogens with zero attached hydrogens (tertiary/aromatic N) is 5. The summed E-state index contributed by atoms with van der Waals surface area (Å²) in [6.45, 7) is 1.93. The maximum Gasteiger partial charge on any atom is 0.213 e. The lowest BCUT2D eigenvalue weighted by Crippen LogP contribution is -2.00. The average Bonchev–Trinajstić information content (AvgIpc) is 3.26. The predicted octanol–water partition coefficient (Wildman–Crippen LogP) is 4.57. The van der Waals surface area contributed by atoms with Crippen molar-refractivity contribution in [2.45, 2.75) is 6.92 Å². The van der Waals surface area contributed by atoms with E-state index in [1.54, 1.807) is 12.3 Å². The lowest BCUT2D eigenvalue weighted by Gasteiger charge is -2.10. The van der Waals surface area contributed by atoms with Gasteiger partial charge in [0.2, 0.25) is 5.95 Å². The summed E-state index contributed by atoms with van der Waals surface area (Å²) >= 11 is 3.59. The van der Waals surface area contributed by atoms with Crippen LogP contribution in [0.5, 0.6) is 0 Å². The first-order chi connectivity index (χ1) is 13.1. The van der Waals surface area contributed by atoms with Gasteiger partial charge < -0.3 is 0 Å². The molecule has 5 rings (SSSR count). The molecule has 0 atom stereocenters. The molecule has 4 heterocycles. The van der Waals surface area contributed by atoms with Gasteiger partial charge in [0.15, 0.2) is 5.65 Å². The van der Waals surface area contributed by atoms with Gasteiger partial charge in [0.25, 0.3) is 0 Å². The van der Waals surface area contributed by atoms with Crippen LogP contribution in [0.1, 0.15) is 5.69 Å². The molecule has 1 aromatic carbocycles. The van der Waals surface area contributed by atoms with Crippen molar-refractivity contribution in [2.75, 3.05) is 0 Å². The second-order valence-corrected chi connectivity index (χ2v) is 7.05. The van der Waals surface area contributed by atoms with Gasteiger partial charge in [-0.3, -0.25) is 9.67 Å². The van der Waals surface area contributed by atoms with Crippen LogP contribution in [0.2, 0.25) is 0 Å². The molecule has 1 N–H and O–H groups in total. The molecule has 0 aliphatic heterocycles. The van der Waals surface area contributed by atoms with E-state index < -0.39 is 5.95 Å². The number of rotatable bonds is 2. The minimum atomic E-state index is -0.554. The van der Waals surface area contributed by atoms with E-state index in [0.717, 1.165) is 32.3 Å². The lowest BCUT2D eigenvalue weighted by molar-refractivity contribution is 0.584. The summed E-state index contributed by atoms with van der Waals surface area (Å²) in [6.07, 6.45) is 3.19. The van der Waals surface area contributed by atoms with Crippen LogP contribution in [0.3, 0.4) is 0 Å². The highest BCUT2D eigenvalue weighted by molar-refractivity contribution is 9.10. The first-order valence-corrected chi connectivity index (χ1v) is 9.00. The van der Waals surface area contributed by atoms with Gasteiger partial charge in [0.05, 0.1) is 17.4 Å². The fraction of sp³-hybridized carbons (Fsp3) is 0.0526. The number of H-pyrrole nitrogens is 1. The highest BCUT2D eigenvalue weighted by atomic mass is 79.9. The molecule has 5 aromatic rings. The van der Waals surface area contributed by atoms with Crippen LogP contribution in [0, 0.1) is 12.9 Å². The average molecular weight is 423 g/mol. The first-order valence-electron chi connectivity index (χ1n) is 8.21. The van der Waals surface area contributed by atoms with Gasteiger partial charge in [0.1, 0.15) is 11.3 Å². The highest BCUT2D eigenvalue weighted by Crippen LogP contribution is 2.32. The monoisotopic (exact) mass is 422 g/mol. The summed E-state index contributed by atoms with van der Waals surface area (Å²) in [6, 6.07) is 10.9. The largest absolute Gasteiger partial charge is 0.277 e. The van der Waals surface area contributed by atoms with Crippen molar-refractivity contribution in [1.29, 1.82) is 0 Å². The molecular formula is C19H12BrFN6. The van der Waals surface area contributed by atoms with Gasteiger partial charge in [-0.2, -0.15) is 9.49 Å². The SMILES string of the molecule is Cc1ccc2nc(-c3ccnc(F)c3)n(-c3cc(Br)c4[nH]ncc4c3)c2n1. The molecule has 8 heteroatoms. The van der Waals surface area contributed by atoms with Crippen LogP contribution in [0.15, 0.2) is 53.3 Å². The van der Waals surface area contributed by atoms with E-state index in [1.165, 1.54) is 12.3 Å². The second kappa shape index (κ2) is 5.95. The Labute approximate surface area is 161 Å². The van der Waals surface area contributed by atoms with Crippen molar-refractivity contribution in [3.63, 3.8) is 0 Å². The normalized spacial score (nSPS) is 11.5. The molecule has 0 saturated carbocycles. The van der Waals surface area contributed by atoms with Crippen LogP contribution >= 0.6 is 15.9 Å². The van der Waals surface area contributed by atoms with Crippen LogP contribution in [0.25, 0.3) is 39.1 Å². The van der Waals surface area contributed by atoms with Crippen molar-refractivity contribution in [2.24, 2.45) is 0 Å². The van der Waals surface area contributed by atoms with Gasteiger partial charge in [-0.15, -0.1) is 0 Å². The molecule has 0 fully saturated rings. The van der Waals surface area contributed by atoms with E-state index in [1.807, 2.05) is 35.8 Å². The molecule has 0 radical (unpaired) electrons. The van der Waals surface area contributed by atoms with Crippen LogP contribution < -0.4 is 0 Å². The Hall–Kier alpha value is -3.13. The van der Waals surface area contributed by atoms with E-state index in [-0.39, 0.29) is 0 Å². The van der Waals surface area contributed by atoms with Crippen molar-refractivity contribution in [3.05, 3.63) is 64.9 Å². The second-order valence-electron chi connectivity index (χ2n) is 6.20. The quantitative estimate of drug-likeness (QED) is 0.423. The zero-order valence-corrected chi connectivity index (χ0v) is 15.7. The fourth-order valence-electron chi connectivity index (χ4n) is 3.16. The molecule has 0 aliphatic carbocycles. The van der Waals surface area contributed by atoms with Gasteiger partial charge in [-0.05, 0) is 53.2 Å². The number of nitrogens with one attached hydrogen (secondary N) is 1. The molecule has 0 saturated heterocycles. The van der Waals surface area contributed by atoms with Gasteiger partial charge in [0, 0.05) is 33.4 Å². The topological polar surface area (TPSA) is 72.3 Å². The number of benzene rings is 1. The number of aryl methyl sites for hydroxylation is 1. The minimum Gasteiger partial charge on any atom is -0.277 e. The van der Waals surface area contributed by atoms with E-state index in [2.05, 4.69) is 36.1 Å². The third-order valence-corrected chi connectivity index (χ3v) is 5.00. The maximum atomic E-state index is 13.8. The van der Waals surface area contributed by atoms with Crippen molar-refractivity contribution in [1.82, 2.24) is 29.7 Å². The van der Waals surface area contributed by atoms with E-state index >= 15 is 0 Å². The number of pyridine rings is 2. The van der Waals surface area contributed by atoms with Crippen molar-refractivity contribution in [3.8, 4) is 17.1 Å². The zero-order chi connectivity index (χ0) is 18.5. The first kappa shape index (κ1) is 16.1. The molecular weight excluding hydrogens is 411 g/mol. The van der Waals surface area contributed by atoms with E-state index in [0.29, 0.717) is 17.0 Å². The Morgan fingerprint density at radius 1 is 1.11 bits per heavy atom. The van der Waals surface area contributed by atoms with Crippen LogP contribution in [-0.2, 0) is 0 Å². The Balaban J connectivity index is 1.88.